The summed E-state index contributed by atoms with van der Waals surface area (Å²) in [6.07, 6.45) is -5.14. The minimum atomic E-state index is -4.91. The Balaban J connectivity index is 0.00000500. The molecule has 4 aromatic carbocycles. The molecule has 47 heavy (non-hydrogen) atoms. The number of aliphatic imine (C=N–C) groups is 1. The number of likely N-dealkylation sites (tertiary alicyclic amines) is 1. The van der Waals surface area contributed by atoms with Crippen LogP contribution in [0.15, 0.2) is 114 Å². The van der Waals surface area contributed by atoms with Gasteiger partial charge in [0.1, 0.15) is 11.9 Å². The van der Waals surface area contributed by atoms with Gasteiger partial charge in [-0.2, -0.15) is 0 Å². The molecule has 0 spiro atoms. The van der Waals surface area contributed by atoms with E-state index < -0.39 is 36.3 Å². The molecule has 2 N–H and O–H groups in total. The maximum absolute atomic E-state index is 13.6. The molecule has 1 saturated heterocycles. The predicted octanol–water partition coefficient (Wildman–Crippen LogP) is 6.80. The molecule has 3 atom stereocenters. The van der Waals surface area contributed by atoms with Crippen LogP contribution in [-0.4, -0.2) is 57.7 Å². The molecule has 0 aliphatic carbocycles. The van der Waals surface area contributed by atoms with Gasteiger partial charge in [0.25, 0.3) is 0 Å². The molecule has 1 aliphatic heterocycles. The Morgan fingerprint density at radius 1 is 0.915 bits per heavy atom. The first-order chi connectivity index (χ1) is 22.1. The van der Waals surface area contributed by atoms with Gasteiger partial charge in [0.05, 0.1) is 17.7 Å². The number of para-hydroxylation sites is 1. The second kappa shape index (κ2) is 15.9. The number of halogens is 3. The van der Waals surface area contributed by atoms with E-state index in [1.54, 1.807) is 54.6 Å². The zero-order chi connectivity index (χ0) is 32.7. The Morgan fingerprint density at radius 3 is 2.17 bits per heavy atom. The van der Waals surface area contributed by atoms with Gasteiger partial charge < -0.3 is 25.1 Å². The molecule has 5 rings (SSSR count). The molecular formula is C35H31F3N3NiO5-. The van der Waals surface area contributed by atoms with Crippen LogP contribution in [0.25, 0.3) is 5.32 Å². The third kappa shape index (κ3) is 9.28. The zero-order valence-corrected chi connectivity index (χ0v) is 25.9. The van der Waals surface area contributed by atoms with E-state index in [4.69, 9.17) is 0 Å². The third-order valence-corrected chi connectivity index (χ3v) is 7.59. The van der Waals surface area contributed by atoms with Crippen LogP contribution in [0.2, 0.25) is 0 Å². The van der Waals surface area contributed by atoms with E-state index >= 15 is 0 Å². The molecule has 248 valence electrons. The predicted molar refractivity (Wildman–Crippen MR) is 166 cm³/mol. The van der Waals surface area contributed by atoms with Gasteiger partial charge in [0.2, 0.25) is 0 Å². The fourth-order valence-electron chi connectivity index (χ4n) is 5.42. The zero-order valence-electron chi connectivity index (χ0n) is 24.9. The van der Waals surface area contributed by atoms with Gasteiger partial charge in [-0.15, -0.1) is 18.9 Å². The van der Waals surface area contributed by atoms with Gasteiger partial charge in [-0.25, -0.2) is 4.79 Å². The van der Waals surface area contributed by atoms with E-state index in [-0.39, 0.29) is 39.4 Å². The van der Waals surface area contributed by atoms with E-state index in [1.165, 1.54) is 0 Å². The van der Waals surface area contributed by atoms with Gasteiger partial charge in [-0.3, -0.25) is 9.89 Å². The topological polar surface area (TPSA) is 114 Å². The normalized spacial score (nSPS) is 16.5. The third-order valence-electron chi connectivity index (χ3n) is 7.59. The number of nitrogens with zero attached hydrogens (tertiary/aromatic N) is 3. The molecule has 12 heteroatoms. The number of benzene rings is 4. The first-order valence-corrected chi connectivity index (χ1v) is 14.6. The van der Waals surface area contributed by atoms with Crippen molar-refractivity contribution in [1.29, 1.82) is 0 Å². The number of aliphatic carboxylic acids is 1. The van der Waals surface area contributed by atoms with E-state index in [0.29, 0.717) is 24.1 Å². The Hall–Kier alpha value is -4.51. The van der Waals surface area contributed by atoms with Crippen molar-refractivity contribution in [3.05, 3.63) is 137 Å². The smallest absolute Gasteiger partial charge is 0.573 e. The number of carboxylic acids is 1. The number of alkyl halides is 3. The van der Waals surface area contributed by atoms with Crippen LogP contribution in [0.4, 0.5) is 18.9 Å². The molecule has 0 unspecified atom stereocenters. The first-order valence-electron chi connectivity index (χ1n) is 14.6. The number of ether oxygens (including phenoxy) is 1. The maximum Gasteiger partial charge on any atom is 0.573 e. The molecule has 0 saturated carbocycles. The fourth-order valence-corrected chi connectivity index (χ4v) is 5.42. The van der Waals surface area contributed by atoms with Crippen molar-refractivity contribution < 1.29 is 54.2 Å². The summed E-state index contributed by atoms with van der Waals surface area (Å²) in [7, 11) is 0. The molecule has 0 bridgehead atoms. The van der Waals surface area contributed by atoms with Gasteiger partial charge in [-0.05, 0) is 48.2 Å². The molecular weight excluding hydrogens is 658 g/mol. The van der Waals surface area contributed by atoms with Crippen LogP contribution in [0.3, 0.4) is 0 Å². The Kier molecular flexibility index (Phi) is 11.9. The van der Waals surface area contributed by atoms with Crippen molar-refractivity contribution in [3.8, 4) is 5.75 Å². The SMILES string of the molecule is O=C(O)[C@@H](N=C(c1ccccc1)c1ccccc1[N-]C(=O)[C@@H]1CCCN1Cc1ccccc1)[C@H](O)c1ccc(OC(F)(F)F)cc1.[Ni]. The van der Waals surface area contributed by atoms with Gasteiger partial charge in [0.15, 0.2) is 6.04 Å². The maximum atomic E-state index is 13.6. The Bertz CT molecular complexity index is 1670. The second-order valence-corrected chi connectivity index (χ2v) is 10.8. The molecule has 1 fully saturated rings. The van der Waals surface area contributed by atoms with Crippen molar-refractivity contribution in [2.24, 2.45) is 4.99 Å². The average molecular weight is 689 g/mol. The van der Waals surface area contributed by atoms with Crippen LogP contribution >= 0.6 is 0 Å². The number of carboxylic acid groups (broad SMARTS) is 1. The van der Waals surface area contributed by atoms with Crippen molar-refractivity contribution in [2.75, 3.05) is 6.54 Å². The summed E-state index contributed by atoms with van der Waals surface area (Å²) in [5.74, 6) is -2.32. The summed E-state index contributed by atoms with van der Waals surface area (Å²) >= 11 is 0. The molecule has 1 heterocycles. The quantitative estimate of drug-likeness (QED) is 0.132. The summed E-state index contributed by atoms with van der Waals surface area (Å²) in [5, 5.41) is 25.7. The van der Waals surface area contributed by atoms with E-state index in [9.17, 15) is 33.0 Å². The van der Waals surface area contributed by atoms with Gasteiger partial charge in [0, 0.05) is 28.6 Å². The minimum absolute atomic E-state index is 0. The number of hydrogen-bond donors (Lipinski definition) is 2. The van der Waals surface area contributed by atoms with Gasteiger partial charge in [-0.1, -0.05) is 97.1 Å². The van der Waals surface area contributed by atoms with Crippen molar-refractivity contribution >= 4 is 23.3 Å². The molecule has 4 aromatic rings. The van der Waals surface area contributed by atoms with E-state index in [2.05, 4.69) is 19.9 Å². The number of aliphatic hydroxyl groups is 1. The monoisotopic (exact) mass is 688 g/mol. The number of carbonyl (C=O) groups is 2. The molecule has 0 aromatic heterocycles. The van der Waals surface area contributed by atoms with Crippen LogP contribution in [0.5, 0.6) is 5.75 Å². The van der Waals surface area contributed by atoms with E-state index in [1.807, 2.05) is 30.3 Å². The molecule has 1 amide bonds. The summed E-state index contributed by atoms with van der Waals surface area (Å²) in [6.45, 7) is 1.35. The number of amides is 1. The van der Waals surface area contributed by atoms with Crippen molar-refractivity contribution in [2.45, 2.75) is 43.9 Å². The van der Waals surface area contributed by atoms with Crippen molar-refractivity contribution in [1.82, 2.24) is 4.90 Å². The van der Waals surface area contributed by atoms with Crippen LogP contribution in [-0.2, 0) is 32.6 Å². The van der Waals surface area contributed by atoms with E-state index in [0.717, 1.165) is 42.8 Å². The molecule has 1 aliphatic rings. The van der Waals surface area contributed by atoms with Crippen molar-refractivity contribution in [3.63, 3.8) is 0 Å². The number of rotatable bonds is 11. The number of hydrogen-bond acceptors (Lipinski definition) is 6. The number of aliphatic hydroxyl groups excluding tert-OH is 1. The molecule has 0 radical (unpaired) electrons. The average Bonchev–Trinajstić information content (AvgIpc) is 3.50. The second-order valence-electron chi connectivity index (χ2n) is 10.8. The largest absolute Gasteiger partial charge is 0.625 e. The first kappa shape index (κ1) is 35.3. The van der Waals surface area contributed by atoms with Gasteiger partial charge >= 0.3 is 12.3 Å². The summed E-state index contributed by atoms with van der Waals surface area (Å²) in [5.41, 5.74) is 2.45. The van der Waals surface area contributed by atoms with Crippen LogP contribution in [0.1, 0.15) is 41.2 Å². The fraction of sp³-hybridized carbons (Fsp3) is 0.229. The van der Waals surface area contributed by atoms with Crippen LogP contribution < -0.4 is 4.74 Å². The molecule has 8 nitrogen and oxygen atoms in total. The number of carbonyl (C=O) groups excluding carboxylic acids is 1. The van der Waals surface area contributed by atoms with Crippen LogP contribution in [0, 0.1) is 0 Å². The standard InChI is InChI=1S/C35H32F3N3O5.Ni/c36-35(37,38)46-26-19-17-25(18-20-26)32(42)31(34(44)45)40-30(24-12-5-2-6-13-24)27-14-7-8-15-28(27)39-33(43)29-16-9-21-41(29)22-23-10-3-1-4-11-23;/h1-8,10-15,17-20,29,31-32,42H,9,16,21-22H2,(H2,39,40,43,44,45);/p-1/t29-,31-,32+;/m0./s1. The Morgan fingerprint density at radius 2 is 1.53 bits per heavy atom. The summed E-state index contributed by atoms with van der Waals surface area (Å²) < 4.78 is 41.7. The summed E-state index contributed by atoms with van der Waals surface area (Å²) in [6, 6.07) is 27.3. The minimum Gasteiger partial charge on any atom is -0.625 e. The summed E-state index contributed by atoms with van der Waals surface area (Å²) in [4.78, 5) is 32.6. The Labute approximate surface area is 279 Å².